The van der Waals surface area contributed by atoms with E-state index in [4.69, 9.17) is 4.42 Å². The first-order valence-electron chi connectivity index (χ1n) is 8.55. The van der Waals surface area contributed by atoms with Crippen molar-refractivity contribution in [3.8, 4) is 0 Å². The molecule has 24 heavy (non-hydrogen) atoms. The van der Waals surface area contributed by atoms with Crippen LogP contribution in [0.1, 0.15) is 51.7 Å². The highest BCUT2D eigenvalue weighted by Gasteiger charge is 2.42. The van der Waals surface area contributed by atoms with E-state index in [1.807, 2.05) is 30.9 Å². The molecule has 1 aromatic rings. The number of carbonyl (C=O) groups excluding carboxylic acids is 2. The van der Waals surface area contributed by atoms with Crippen LogP contribution in [0.15, 0.2) is 22.6 Å². The highest BCUT2D eigenvalue weighted by Crippen LogP contribution is 2.30. The van der Waals surface area contributed by atoms with Crippen LogP contribution in [0.25, 0.3) is 6.08 Å². The van der Waals surface area contributed by atoms with Crippen molar-refractivity contribution in [2.24, 2.45) is 0 Å². The molecular weight excluding hydrogens is 419 g/mol. The first-order valence-corrected chi connectivity index (χ1v) is 9.63. The molecule has 6 heteroatoms. The number of furan rings is 1. The lowest BCUT2D eigenvalue weighted by atomic mass is 9.80. The highest BCUT2D eigenvalue weighted by atomic mass is 127. The summed E-state index contributed by atoms with van der Waals surface area (Å²) in [6.45, 7) is 5.26. The zero-order valence-corrected chi connectivity index (χ0v) is 16.5. The molecule has 0 atom stereocenters. The van der Waals surface area contributed by atoms with Crippen molar-refractivity contribution >= 4 is 40.5 Å². The number of nitrogens with zero attached hydrogens (tertiary/aromatic N) is 1. The third-order valence-electron chi connectivity index (χ3n) is 4.52. The van der Waals surface area contributed by atoms with Crippen LogP contribution in [0.3, 0.4) is 0 Å². The largest absolute Gasteiger partial charge is 0.451 e. The van der Waals surface area contributed by atoms with Crippen molar-refractivity contribution in [3.05, 3.63) is 27.7 Å². The van der Waals surface area contributed by atoms with Crippen molar-refractivity contribution in [2.45, 2.75) is 51.5 Å². The highest BCUT2D eigenvalue weighted by molar-refractivity contribution is 14.1. The van der Waals surface area contributed by atoms with Crippen LogP contribution in [0.2, 0.25) is 0 Å². The summed E-state index contributed by atoms with van der Waals surface area (Å²) in [4.78, 5) is 27.2. The average Bonchev–Trinajstić information content (AvgIpc) is 3.00. The number of nitrogens with one attached hydrogen (secondary N) is 1. The fourth-order valence-corrected chi connectivity index (χ4v) is 3.65. The summed E-state index contributed by atoms with van der Waals surface area (Å²) in [7, 11) is 0. The molecule has 132 valence electrons. The normalized spacial score (nSPS) is 17.0. The van der Waals surface area contributed by atoms with Gasteiger partial charge in [-0.1, -0.05) is 19.3 Å². The Morgan fingerprint density at radius 1 is 1.25 bits per heavy atom. The van der Waals surface area contributed by atoms with E-state index in [1.165, 1.54) is 6.08 Å². The van der Waals surface area contributed by atoms with Crippen LogP contribution < -0.4 is 5.32 Å². The van der Waals surface area contributed by atoms with Gasteiger partial charge in [-0.2, -0.15) is 0 Å². The lowest BCUT2D eigenvalue weighted by Gasteiger charge is -2.39. The van der Waals surface area contributed by atoms with E-state index in [9.17, 15) is 9.59 Å². The number of amides is 2. The predicted octanol–water partition coefficient (Wildman–Crippen LogP) is 3.58. The lowest BCUT2D eigenvalue weighted by Crippen LogP contribution is -2.60. The van der Waals surface area contributed by atoms with E-state index in [2.05, 4.69) is 27.9 Å². The Labute approximate surface area is 157 Å². The van der Waals surface area contributed by atoms with Gasteiger partial charge in [0, 0.05) is 19.2 Å². The standard InChI is InChI=1S/C18H25IN2O3/c1-3-21(4-2)17(23)18(12-6-5-7-13-18)20-16(22)11-9-14-8-10-15(19)24-14/h8-11H,3-7,12-13H2,1-2H3,(H,20,22)/b11-9+. The third kappa shape index (κ3) is 4.62. The molecule has 2 rings (SSSR count). The number of hydrogen-bond acceptors (Lipinski definition) is 3. The summed E-state index contributed by atoms with van der Waals surface area (Å²) in [5, 5.41) is 3.00. The first-order chi connectivity index (χ1) is 11.5. The van der Waals surface area contributed by atoms with Crippen LogP contribution in [-0.4, -0.2) is 35.3 Å². The minimum absolute atomic E-state index is 0.0431. The van der Waals surface area contributed by atoms with Crippen LogP contribution in [0.5, 0.6) is 0 Å². The average molecular weight is 444 g/mol. The Bertz CT molecular complexity index is 599. The van der Waals surface area contributed by atoms with E-state index in [0.717, 1.165) is 23.0 Å². The number of halogens is 1. The van der Waals surface area contributed by atoms with Gasteiger partial charge in [-0.15, -0.1) is 0 Å². The SMILES string of the molecule is CCN(CC)C(=O)C1(NC(=O)/C=C/c2ccc(I)o2)CCCCC1. The van der Waals surface area contributed by atoms with Crippen LogP contribution in [0.4, 0.5) is 0 Å². The summed E-state index contributed by atoms with van der Waals surface area (Å²) in [6.07, 6.45) is 7.54. The fourth-order valence-electron chi connectivity index (χ4n) is 3.21. The molecule has 2 amide bonds. The molecule has 1 aliphatic rings. The Kier molecular flexibility index (Phi) is 6.89. The molecule has 0 aliphatic heterocycles. The molecule has 0 bridgehead atoms. The summed E-state index contributed by atoms with van der Waals surface area (Å²) < 4.78 is 6.19. The second kappa shape index (κ2) is 8.69. The second-order valence-corrected chi connectivity index (χ2v) is 7.15. The molecule has 0 unspecified atom stereocenters. The number of carbonyl (C=O) groups is 2. The van der Waals surface area contributed by atoms with Crippen molar-refractivity contribution < 1.29 is 14.0 Å². The predicted molar refractivity (Wildman–Crippen MR) is 102 cm³/mol. The summed E-state index contributed by atoms with van der Waals surface area (Å²) >= 11 is 2.08. The van der Waals surface area contributed by atoms with E-state index >= 15 is 0 Å². The molecule has 1 fully saturated rings. The van der Waals surface area contributed by atoms with Gasteiger partial charge in [0.1, 0.15) is 11.3 Å². The van der Waals surface area contributed by atoms with Gasteiger partial charge < -0.3 is 14.6 Å². The topological polar surface area (TPSA) is 62.6 Å². The fraction of sp³-hybridized carbons (Fsp3) is 0.556. The Morgan fingerprint density at radius 3 is 2.46 bits per heavy atom. The lowest BCUT2D eigenvalue weighted by molar-refractivity contribution is -0.142. The van der Waals surface area contributed by atoms with Gasteiger partial charge in [0.05, 0.1) is 0 Å². The first kappa shape index (κ1) is 19.0. The summed E-state index contributed by atoms with van der Waals surface area (Å²) in [6, 6.07) is 3.65. The molecule has 0 aromatic carbocycles. The van der Waals surface area contributed by atoms with Crippen molar-refractivity contribution in [1.82, 2.24) is 10.2 Å². The minimum atomic E-state index is -0.761. The van der Waals surface area contributed by atoms with Crippen LogP contribution in [0, 0.1) is 3.77 Å². The second-order valence-electron chi connectivity index (χ2n) is 6.08. The van der Waals surface area contributed by atoms with Crippen molar-refractivity contribution in [1.29, 1.82) is 0 Å². The van der Waals surface area contributed by atoms with Crippen molar-refractivity contribution in [2.75, 3.05) is 13.1 Å². The maximum Gasteiger partial charge on any atom is 0.248 e. The van der Waals surface area contributed by atoms with Gasteiger partial charge in [0.25, 0.3) is 0 Å². The Balaban J connectivity index is 2.11. The zero-order valence-electron chi connectivity index (χ0n) is 14.3. The molecule has 5 nitrogen and oxygen atoms in total. The maximum atomic E-state index is 13.0. The molecule has 0 spiro atoms. The van der Waals surface area contributed by atoms with E-state index in [-0.39, 0.29) is 11.8 Å². The molecule has 1 N–H and O–H groups in total. The molecule has 1 aliphatic carbocycles. The van der Waals surface area contributed by atoms with Gasteiger partial charge >= 0.3 is 0 Å². The van der Waals surface area contributed by atoms with E-state index in [1.54, 1.807) is 6.08 Å². The van der Waals surface area contributed by atoms with E-state index < -0.39 is 5.54 Å². The molecule has 0 radical (unpaired) electrons. The third-order valence-corrected chi connectivity index (χ3v) is 5.10. The summed E-state index contributed by atoms with van der Waals surface area (Å²) in [5.41, 5.74) is -0.761. The van der Waals surface area contributed by atoms with Gasteiger partial charge in [-0.25, -0.2) is 0 Å². The van der Waals surface area contributed by atoms with Gasteiger partial charge in [-0.05, 0) is 67.5 Å². The number of rotatable bonds is 6. The molecule has 1 aromatic heterocycles. The van der Waals surface area contributed by atoms with Crippen LogP contribution >= 0.6 is 22.6 Å². The van der Waals surface area contributed by atoms with Gasteiger partial charge in [0.15, 0.2) is 3.77 Å². The molecule has 0 saturated heterocycles. The zero-order chi connectivity index (χ0) is 17.6. The van der Waals surface area contributed by atoms with Gasteiger partial charge in [0.2, 0.25) is 11.8 Å². The molecule has 1 heterocycles. The number of hydrogen-bond donors (Lipinski definition) is 1. The summed E-state index contributed by atoms with van der Waals surface area (Å²) in [5.74, 6) is 0.424. The Hall–Kier alpha value is -1.31. The van der Waals surface area contributed by atoms with E-state index in [0.29, 0.717) is 31.7 Å². The van der Waals surface area contributed by atoms with Crippen molar-refractivity contribution in [3.63, 3.8) is 0 Å². The molecular formula is C18H25IN2O3. The maximum absolute atomic E-state index is 13.0. The van der Waals surface area contributed by atoms with Crippen LogP contribution in [-0.2, 0) is 9.59 Å². The van der Waals surface area contributed by atoms with Gasteiger partial charge in [-0.3, -0.25) is 9.59 Å². The smallest absolute Gasteiger partial charge is 0.248 e. The number of likely N-dealkylation sites (N-methyl/N-ethyl adjacent to an activating group) is 1. The monoisotopic (exact) mass is 444 g/mol. The quantitative estimate of drug-likeness (QED) is 0.539. The minimum Gasteiger partial charge on any atom is -0.451 e. The Morgan fingerprint density at radius 2 is 1.92 bits per heavy atom. The molecule has 1 saturated carbocycles.